The molecular weight excluding hydrogens is 404 g/mol. The summed E-state index contributed by atoms with van der Waals surface area (Å²) in [5.41, 5.74) is 3.28. The van der Waals surface area contributed by atoms with E-state index in [0.29, 0.717) is 22.8 Å². The lowest BCUT2D eigenvalue weighted by molar-refractivity contribution is 0.240. The predicted octanol–water partition coefficient (Wildman–Crippen LogP) is 4.49. The number of aromatic nitrogens is 4. The average molecular weight is 424 g/mol. The van der Waals surface area contributed by atoms with Crippen LogP contribution in [0.2, 0.25) is 0 Å². The minimum atomic E-state index is -0.180. The topological polar surface area (TPSA) is 97.9 Å². The third-order valence-corrected chi connectivity index (χ3v) is 5.33. The molecule has 8 heteroatoms. The number of ether oxygens (including phenoxy) is 2. The Morgan fingerprint density at radius 2 is 2.22 bits per heavy atom. The number of fused-ring (bicyclic) bond motifs is 1. The Bertz CT molecular complexity index is 1310. The van der Waals surface area contributed by atoms with E-state index in [1.165, 1.54) is 24.4 Å². The highest BCUT2D eigenvalue weighted by Gasteiger charge is 2.22. The van der Waals surface area contributed by atoms with E-state index in [1.54, 1.807) is 29.3 Å². The molecule has 0 bridgehead atoms. The molecule has 3 heterocycles. The summed E-state index contributed by atoms with van der Waals surface area (Å²) in [5, 5.41) is 18.0. The molecular formula is C24H20N6O2. The van der Waals surface area contributed by atoms with Crippen molar-refractivity contribution in [2.75, 3.05) is 5.32 Å². The molecule has 1 aliphatic heterocycles. The number of nitrogens with one attached hydrogen (secondary N) is 1. The second kappa shape index (κ2) is 8.78. The Morgan fingerprint density at radius 1 is 1.25 bits per heavy atom. The maximum Gasteiger partial charge on any atom is 0.168 e. The fourth-order valence-electron chi connectivity index (χ4n) is 3.76. The van der Waals surface area contributed by atoms with Crippen molar-refractivity contribution >= 4 is 16.9 Å². The maximum absolute atomic E-state index is 9.22. The van der Waals surface area contributed by atoms with Crippen LogP contribution < -0.4 is 5.32 Å². The van der Waals surface area contributed by atoms with Crippen LogP contribution in [0.5, 0.6) is 0 Å². The first-order valence-corrected chi connectivity index (χ1v) is 10.3. The largest absolute Gasteiger partial charge is 0.466 e. The number of hydrogen-bond donors (Lipinski definition) is 1. The van der Waals surface area contributed by atoms with E-state index in [9.17, 15) is 5.26 Å². The van der Waals surface area contributed by atoms with Gasteiger partial charge in [0.25, 0.3) is 0 Å². The molecule has 8 nitrogen and oxygen atoms in total. The molecule has 1 aliphatic carbocycles. The van der Waals surface area contributed by atoms with Gasteiger partial charge >= 0.3 is 0 Å². The number of anilines is 1. The lowest BCUT2D eigenvalue weighted by Crippen LogP contribution is -2.25. The molecule has 0 radical (unpaired) electrons. The zero-order valence-corrected chi connectivity index (χ0v) is 17.2. The summed E-state index contributed by atoms with van der Waals surface area (Å²) in [5.74, 6) is 1.32. The second-order valence-electron chi connectivity index (χ2n) is 7.42. The van der Waals surface area contributed by atoms with Crippen LogP contribution in [0.4, 0.5) is 5.82 Å². The van der Waals surface area contributed by atoms with Crippen molar-refractivity contribution in [3.8, 4) is 11.8 Å². The minimum absolute atomic E-state index is 0.180. The van der Waals surface area contributed by atoms with Gasteiger partial charge < -0.3 is 14.8 Å². The molecule has 1 N–H and O–H groups in total. The summed E-state index contributed by atoms with van der Waals surface area (Å²) in [6.07, 6.45) is 17.0. The van der Waals surface area contributed by atoms with E-state index in [-0.39, 0.29) is 6.04 Å². The van der Waals surface area contributed by atoms with E-state index in [4.69, 9.17) is 9.47 Å². The lowest BCUT2D eigenvalue weighted by atomic mass is 9.97. The molecule has 5 rings (SSSR count). The Labute approximate surface area is 184 Å². The number of allylic oxidation sites excluding steroid dienone is 3. The van der Waals surface area contributed by atoms with Gasteiger partial charge in [-0.25, -0.2) is 14.6 Å². The van der Waals surface area contributed by atoms with Crippen molar-refractivity contribution in [2.24, 2.45) is 0 Å². The SMILES string of the molecule is N#Cc1cccc(-n2ncc3c(NC(CC4=CC=CCC4)C4=COC=CO4)ncnc32)c1. The van der Waals surface area contributed by atoms with E-state index in [1.807, 2.05) is 12.1 Å². The average Bonchev–Trinajstić information content (AvgIpc) is 3.30. The van der Waals surface area contributed by atoms with Crippen molar-refractivity contribution in [3.63, 3.8) is 0 Å². The van der Waals surface area contributed by atoms with Crippen LogP contribution in [-0.4, -0.2) is 25.8 Å². The smallest absolute Gasteiger partial charge is 0.168 e. The molecule has 3 aromatic rings. The normalized spacial score (nSPS) is 15.8. The lowest BCUT2D eigenvalue weighted by Gasteiger charge is -2.24. The van der Waals surface area contributed by atoms with Crippen LogP contribution in [0.25, 0.3) is 16.7 Å². The summed E-state index contributed by atoms with van der Waals surface area (Å²) < 4.78 is 12.8. The van der Waals surface area contributed by atoms with Gasteiger partial charge in [-0.1, -0.05) is 29.9 Å². The van der Waals surface area contributed by atoms with Crippen LogP contribution in [0.3, 0.4) is 0 Å². The van der Waals surface area contributed by atoms with Gasteiger partial charge in [0.2, 0.25) is 0 Å². The third kappa shape index (κ3) is 3.96. The molecule has 158 valence electrons. The maximum atomic E-state index is 9.22. The molecule has 0 fully saturated rings. The highest BCUT2D eigenvalue weighted by molar-refractivity contribution is 5.87. The zero-order valence-electron chi connectivity index (χ0n) is 17.2. The van der Waals surface area contributed by atoms with Crippen LogP contribution >= 0.6 is 0 Å². The van der Waals surface area contributed by atoms with E-state index < -0.39 is 0 Å². The van der Waals surface area contributed by atoms with Gasteiger partial charge in [0.05, 0.1) is 34.9 Å². The predicted molar refractivity (Wildman–Crippen MR) is 119 cm³/mol. The summed E-state index contributed by atoms with van der Waals surface area (Å²) >= 11 is 0. The fraction of sp³-hybridized carbons (Fsp3) is 0.167. The first-order valence-electron chi connectivity index (χ1n) is 10.3. The molecule has 2 aliphatic rings. The van der Waals surface area contributed by atoms with Gasteiger partial charge in [0.15, 0.2) is 11.4 Å². The van der Waals surface area contributed by atoms with Gasteiger partial charge in [-0.15, -0.1) is 0 Å². The first-order chi connectivity index (χ1) is 15.8. The molecule has 1 atom stereocenters. The zero-order chi connectivity index (χ0) is 21.8. The number of hydrogen-bond acceptors (Lipinski definition) is 7. The van der Waals surface area contributed by atoms with E-state index in [2.05, 4.69) is 44.7 Å². The Kier molecular flexibility index (Phi) is 5.37. The fourth-order valence-corrected chi connectivity index (χ4v) is 3.76. The van der Waals surface area contributed by atoms with Gasteiger partial charge in [-0.05, 0) is 37.5 Å². The van der Waals surface area contributed by atoms with Crippen molar-refractivity contribution in [3.05, 3.63) is 90.7 Å². The second-order valence-corrected chi connectivity index (χ2v) is 7.42. The van der Waals surface area contributed by atoms with Crippen molar-refractivity contribution in [2.45, 2.75) is 25.3 Å². The first kappa shape index (κ1) is 19.6. The van der Waals surface area contributed by atoms with Crippen molar-refractivity contribution in [1.82, 2.24) is 19.7 Å². The van der Waals surface area contributed by atoms with Crippen LogP contribution in [0, 0.1) is 11.3 Å². The van der Waals surface area contributed by atoms with Crippen molar-refractivity contribution < 1.29 is 9.47 Å². The standard InChI is InChI=1S/C24H20N6O2/c25-13-18-7-4-8-19(11-18)30-24-20(14-28-30)23(26-16-27-24)29-21(22-15-31-9-10-32-22)12-17-5-2-1-3-6-17/h1-2,4-5,7-11,14-16,21H,3,6,12H2,(H,26,27,29). The molecule has 2 aromatic heterocycles. The molecule has 1 aromatic carbocycles. The van der Waals surface area contributed by atoms with E-state index >= 15 is 0 Å². The van der Waals surface area contributed by atoms with Gasteiger partial charge in [-0.2, -0.15) is 10.4 Å². The number of nitriles is 1. The highest BCUT2D eigenvalue weighted by atomic mass is 16.5. The van der Waals surface area contributed by atoms with Gasteiger partial charge in [-0.3, -0.25) is 0 Å². The van der Waals surface area contributed by atoms with Gasteiger partial charge in [0.1, 0.15) is 30.9 Å². The summed E-state index contributed by atoms with van der Waals surface area (Å²) in [7, 11) is 0. The van der Waals surface area contributed by atoms with E-state index in [0.717, 1.165) is 30.3 Å². The molecule has 1 unspecified atom stereocenters. The quantitative estimate of drug-likeness (QED) is 0.622. The van der Waals surface area contributed by atoms with Crippen LogP contribution in [0.1, 0.15) is 24.8 Å². The monoisotopic (exact) mass is 424 g/mol. The Morgan fingerprint density at radius 3 is 3.03 bits per heavy atom. The molecule has 0 amide bonds. The van der Waals surface area contributed by atoms with Crippen molar-refractivity contribution in [1.29, 1.82) is 5.26 Å². The summed E-state index contributed by atoms with van der Waals surface area (Å²) in [6.45, 7) is 0. The summed E-state index contributed by atoms with van der Waals surface area (Å²) in [4.78, 5) is 8.91. The third-order valence-electron chi connectivity index (χ3n) is 5.33. The number of benzene rings is 1. The number of rotatable bonds is 6. The molecule has 0 saturated heterocycles. The van der Waals surface area contributed by atoms with Crippen LogP contribution in [0.15, 0.2) is 85.1 Å². The van der Waals surface area contributed by atoms with Crippen LogP contribution in [-0.2, 0) is 9.47 Å². The minimum Gasteiger partial charge on any atom is -0.466 e. The highest BCUT2D eigenvalue weighted by Crippen LogP contribution is 2.28. The molecule has 32 heavy (non-hydrogen) atoms. The molecule has 0 spiro atoms. The summed E-state index contributed by atoms with van der Waals surface area (Å²) in [6, 6.07) is 9.22. The number of nitrogens with zero attached hydrogens (tertiary/aromatic N) is 5. The van der Waals surface area contributed by atoms with Gasteiger partial charge in [0, 0.05) is 0 Å². The Balaban J connectivity index is 1.49. The molecule has 0 saturated carbocycles. The Hall–Kier alpha value is -4.38.